The highest BCUT2D eigenvalue weighted by Crippen LogP contribution is 2.36. The molecule has 0 rings (SSSR count). The lowest BCUT2D eigenvalue weighted by atomic mass is 9.77. The number of hydrogen-bond donors (Lipinski definition) is 0. The predicted octanol–water partition coefficient (Wildman–Crippen LogP) is 8.91. The molecule has 0 saturated heterocycles. The highest BCUT2D eigenvalue weighted by atomic mass is 28.2. The molecule has 0 fully saturated rings. The lowest BCUT2D eigenvalue weighted by Crippen LogP contribution is -2.39. The molecule has 2 heteroatoms. The summed E-state index contributed by atoms with van der Waals surface area (Å²) in [7, 11) is 0.895. The second kappa shape index (κ2) is 21.4. The Bertz CT molecular complexity index is 302. The average Bonchev–Trinajstić information content (AvgIpc) is 2.74. The van der Waals surface area contributed by atoms with Gasteiger partial charge in [0.05, 0.1) is 5.60 Å². The first-order valence-corrected chi connectivity index (χ1v) is 14.5. The first-order chi connectivity index (χ1) is 14.2. The Morgan fingerprint density at radius 3 is 1.28 bits per heavy atom. The summed E-state index contributed by atoms with van der Waals surface area (Å²) < 4.78 is 6.49. The van der Waals surface area contributed by atoms with Crippen LogP contribution >= 0.6 is 0 Å². The van der Waals surface area contributed by atoms with Gasteiger partial charge in [0.1, 0.15) is 10.5 Å². The Balaban J connectivity index is 4.46. The molecular weight excluding hydrogens is 368 g/mol. The van der Waals surface area contributed by atoms with E-state index in [-0.39, 0.29) is 5.60 Å². The molecule has 1 unspecified atom stereocenters. The van der Waals surface area contributed by atoms with E-state index < -0.39 is 0 Å². The minimum absolute atomic E-state index is 0.200. The van der Waals surface area contributed by atoms with Gasteiger partial charge in [0.25, 0.3) is 0 Å². The molecule has 0 aliphatic heterocycles. The Morgan fingerprint density at radius 2 is 0.897 bits per heavy atom. The van der Waals surface area contributed by atoms with Gasteiger partial charge in [0.15, 0.2) is 0 Å². The molecule has 0 aromatic rings. The van der Waals surface area contributed by atoms with Gasteiger partial charge in [0, 0.05) is 0 Å². The van der Waals surface area contributed by atoms with E-state index in [1.165, 1.54) is 135 Å². The molecule has 0 aromatic heterocycles. The summed E-state index contributed by atoms with van der Waals surface area (Å²) in [6, 6.07) is 0. The van der Waals surface area contributed by atoms with Crippen LogP contribution in [0.1, 0.15) is 163 Å². The molecule has 176 valence electrons. The Hall–Kier alpha value is 0.177. The van der Waals surface area contributed by atoms with Crippen LogP contribution in [0.2, 0.25) is 0 Å². The maximum atomic E-state index is 6.49. The Labute approximate surface area is 189 Å². The Morgan fingerprint density at radius 1 is 0.552 bits per heavy atom. The second-order valence-electron chi connectivity index (χ2n) is 9.76. The van der Waals surface area contributed by atoms with Gasteiger partial charge in [-0.05, 0) is 25.2 Å². The molecule has 0 radical (unpaired) electrons. The molecule has 29 heavy (non-hydrogen) atoms. The van der Waals surface area contributed by atoms with Crippen LogP contribution in [-0.4, -0.2) is 16.1 Å². The minimum atomic E-state index is 0.200. The van der Waals surface area contributed by atoms with Crippen molar-refractivity contribution in [2.45, 2.75) is 168 Å². The van der Waals surface area contributed by atoms with Crippen LogP contribution in [0.15, 0.2) is 0 Å². The molecule has 0 aliphatic rings. The monoisotopic (exact) mass is 426 g/mol. The van der Waals surface area contributed by atoms with Gasteiger partial charge < -0.3 is 4.43 Å². The van der Waals surface area contributed by atoms with Gasteiger partial charge in [-0.2, -0.15) is 0 Å². The third kappa shape index (κ3) is 15.6. The van der Waals surface area contributed by atoms with E-state index in [1.54, 1.807) is 0 Å². The number of hydrogen-bond acceptors (Lipinski definition) is 1. The highest BCUT2D eigenvalue weighted by molar-refractivity contribution is 5.98. The van der Waals surface area contributed by atoms with Gasteiger partial charge in [0.2, 0.25) is 0 Å². The zero-order valence-electron chi connectivity index (χ0n) is 21.3. The molecule has 0 aliphatic carbocycles. The van der Waals surface area contributed by atoms with Gasteiger partial charge in [-0.1, -0.05) is 143 Å². The lowest BCUT2D eigenvalue weighted by molar-refractivity contribution is -0.00330. The van der Waals surface area contributed by atoms with Crippen molar-refractivity contribution < 1.29 is 4.43 Å². The fourth-order valence-corrected chi connectivity index (χ4v) is 5.74. The topological polar surface area (TPSA) is 9.23 Å². The van der Waals surface area contributed by atoms with Gasteiger partial charge in [-0.15, -0.1) is 0 Å². The Kier molecular flexibility index (Phi) is 21.5. The van der Waals surface area contributed by atoms with Crippen molar-refractivity contribution in [1.29, 1.82) is 0 Å². The van der Waals surface area contributed by atoms with Crippen LogP contribution in [0, 0.1) is 5.92 Å². The van der Waals surface area contributed by atoms with Crippen molar-refractivity contribution in [2.24, 2.45) is 5.92 Å². The fourth-order valence-electron chi connectivity index (χ4n) is 4.93. The zero-order valence-corrected chi connectivity index (χ0v) is 23.3. The molecule has 0 spiro atoms. The van der Waals surface area contributed by atoms with Crippen LogP contribution in [0.25, 0.3) is 0 Å². The smallest absolute Gasteiger partial charge is 0.146 e. The van der Waals surface area contributed by atoms with Crippen molar-refractivity contribution in [2.75, 3.05) is 0 Å². The molecule has 0 heterocycles. The molecule has 1 atom stereocenters. The van der Waals surface area contributed by atoms with E-state index in [4.69, 9.17) is 4.43 Å². The van der Waals surface area contributed by atoms with Crippen LogP contribution in [0.3, 0.4) is 0 Å². The quantitative estimate of drug-likeness (QED) is 0.117. The summed E-state index contributed by atoms with van der Waals surface area (Å²) in [6.45, 7) is 9.44. The van der Waals surface area contributed by atoms with E-state index in [9.17, 15) is 0 Å². The summed E-state index contributed by atoms with van der Waals surface area (Å²) in [6.07, 6.45) is 29.3. The van der Waals surface area contributed by atoms with Crippen molar-refractivity contribution in [1.82, 2.24) is 0 Å². The molecule has 1 nitrogen and oxygen atoms in total. The number of rotatable bonds is 23. The summed E-state index contributed by atoms with van der Waals surface area (Å²) in [5, 5.41) is 0. The molecular formula is C27H58OSi. The van der Waals surface area contributed by atoms with Gasteiger partial charge in [-0.3, -0.25) is 0 Å². The van der Waals surface area contributed by atoms with Crippen molar-refractivity contribution in [3.8, 4) is 0 Å². The van der Waals surface area contributed by atoms with Gasteiger partial charge >= 0.3 is 0 Å². The van der Waals surface area contributed by atoms with E-state index >= 15 is 0 Å². The van der Waals surface area contributed by atoms with Crippen LogP contribution in [-0.2, 0) is 4.43 Å². The summed E-state index contributed by atoms with van der Waals surface area (Å²) in [5.41, 5.74) is 0.200. The molecule has 0 bridgehead atoms. The van der Waals surface area contributed by atoms with Crippen molar-refractivity contribution >= 4 is 10.5 Å². The number of unbranched alkanes of at least 4 members (excludes halogenated alkanes) is 15. The van der Waals surface area contributed by atoms with Crippen LogP contribution in [0.5, 0.6) is 0 Å². The third-order valence-corrected chi connectivity index (χ3v) is 8.02. The minimum Gasteiger partial charge on any atom is -0.422 e. The standard InChI is InChI=1S/C27H58OSi/c1-5-8-11-14-17-20-23-26(4)27(28-29,24-21-18-15-12-9-6-2)25-22-19-16-13-10-7-3/h26H,5-25H2,1-4,29H3. The summed E-state index contributed by atoms with van der Waals surface area (Å²) >= 11 is 0. The largest absolute Gasteiger partial charge is 0.422 e. The van der Waals surface area contributed by atoms with Crippen LogP contribution in [0.4, 0.5) is 0 Å². The maximum absolute atomic E-state index is 6.49. The highest BCUT2D eigenvalue weighted by Gasteiger charge is 2.34. The predicted molar refractivity (Wildman–Crippen MR) is 137 cm³/mol. The average molecular weight is 427 g/mol. The lowest BCUT2D eigenvalue weighted by Gasteiger charge is -2.40. The second-order valence-corrected chi connectivity index (χ2v) is 10.2. The summed E-state index contributed by atoms with van der Waals surface area (Å²) in [4.78, 5) is 0. The SMILES string of the molecule is CCCCCCCCC(C)C(CCCCCCCC)(CCCCCCCC)O[SiH3]. The van der Waals surface area contributed by atoms with Crippen molar-refractivity contribution in [3.05, 3.63) is 0 Å². The molecule has 0 amide bonds. The first kappa shape index (κ1) is 29.2. The molecule has 0 saturated carbocycles. The molecule has 0 N–H and O–H groups in total. The van der Waals surface area contributed by atoms with Crippen LogP contribution < -0.4 is 0 Å². The first-order valence-electron chi connectivity index (χ1n) is 13.7. The van der Waals surface area contributed by atoms with E-state index in [0.717, 1.165) is 16.4 Å². The normalized spacial score (nSPS) is 13.2. The van der Waals surface area contributed by atoms with E-state index in [1.807, 2.05) is 0 Å². The van der Waals surface area contributed by atoms with E-state index in [2.05, 4.69) is 27.7 Å². The fraction of sp³-hybridized carbons (Fsp3) is 1.00. The zero-order chi connectivity index (χ0) is 21.6. The maximum Gasteiger partial charge on any atom is 0.146 e. The molecule has 0 aromatic carbocycles. The van der Waals surface area contributed by atoms with Gasteiger partial charge in [-0.25, -0.2) is 0 Å². The summed E-state index contributed by atoms with van der Waals surface area (Å²) in [5.74, 6) is 0.734. The van der Waals surface area contributed by atoms with E-state index in [0.29, 0.717) is 0 Å². The van der Waals surface area contributed by atoms with Crippen molar-refractivity contribution in [3.63, 3.8) is 0 Å². The third-order valence-electron chi connectivity index (χ3n) is 7.20.